The van der Waals surface area contributed by atoms with Gasteiger partial charge in [0.2, 0.25) is 5.88 Å². The first-order chi connectivity index (χ1) is 13.0. The Morgan fingerprint density at radius 1 is 1.22 bits per heavy atom. The number of aromatic nitrogens is 3. The van der Waals surface area contributed by atoms with Crippen molar-refractivity contribution in [2.24, 2.45) is 0 Å². The van der Waals surface area contributed by atoms with Crippen molar-refractivity contribution in [3.05, 3.63) is 42.6 Å². The second kappa shape index (κ2) is 7.07. The Bertz CT molecular complexity index is 936. The Kier molecular flexibility index (Phi) is 4.61. The van der Waals surface area contributed by atoms with Crippen LogP contribution in [0.25, 0.3) is 16.9 Å². The molecule has 1 atom stereocenters. The van der Waals surface area contributed by atoms with Crippen molar-refractivity contribution in [3.8, 4) is 22.9 Å². The van der Waals surface area contributed by atoms with Gasteiger partial charge in [0.1, 0.15) is 12.4 Å². The molecule has 1 saturated heterocycles. The molecule has 2 aromatic heterocycles. The zero-order valence-electron chi connectivity index (χ0n) is 14.1. The molecule has 0 spiro atoms. The molecule has 27 heavy (non-hydrogen) atoms. The van der Waals surface area contributed by atoms with Crippen molar-refractivity contribution in [3.63, 3.8) is 0 Å². The van der Waals surface area contributed by atoms with Crippen molar-refractivity contribution >= 4 is 5.65 Å². The van der Waals surface area contributed by atoms with Crippen LogP contribution in [0, 0.1) is 0 Å². The zero-order valence-corrected chi connectivity index (χ0v) is 14.1. The number of hydrogen-bond acceptors (Lipinski definition) is 5. The summed E-state index contributed by atoms with van der Waals surface area (Å²) in [6.45, 7) is 1.14. The van der Waals surface area contributed by atoms with E-state index in [4.69, 9.17) is 9.47 Å². The number of halogens is 3. The average Bonchev–Trinajstić information content (AvgIpc) is 3.28. The van der Waals surface area contributed by atoms with E-state index in [1.54, 1.807) is 24.4 Å². The first-order valence-electron chi connectivity index (χ1n) is 8.43. The Morgan fingerprint density at radius 3 is 2.89 bits per heavy atom. The van der Waals surface area contributed by atoms with E-state index in [9.17, 15) is 13.2 Å². The monoisotopic (exact) mass is 379 g/mol. The summed E-state index contributed by atoms with van der Waals surface area (Å²) in [6, 6.07) is 9.10. The van der Waals surface area contributed by atoms with Crippen LogP contribution in [0.15, 0.2) is 42.6 Å². The second-order valence-corrected chi connectivity index (χ2v) is 6.11. The number of hydrogen-bond donors (Lipinski definition) is 0. The van der Waals surface area contributed by atoms with E-state index >= 15 is 0 Å². The van der Waals surface area contributed by atoms with Crippen LogP contribution in [-0.4, -0.2) is 40.3 Å². The molecular weight excluding hydrogens is 363 g/mol. The minimum absolute atomic E-state index is 0.0564. The molecule has 1 aromatic carbocycles. The molecule has 6 nitrogen and oxygen atoms in total. The molecule has 1 aliphatic heterocycles. The van der Waals surface area contributed by atoms with Crippen LogP contribution in [0.5, 0.6) is 11.6 Å². The van der Waals surface area contributed by atoms with E-state index in [0.29, 0.717) is 29.4 Å². The van der Waals surface area contributed by atoms with Gasteiger partial charge in [-0.3, -0.25) is 0 Å². The smallest absolute Gasteiger partial charge is 0.474 e. The summed E-state index contributed by atoms with van der Waals surface area (Å²) in [6.07, 6.45) is -1.19. The lowest BCUT2D eigenvalue weighted by atomic mass is 10.1. The van der Waals surface area contributed by atoms with Crippen LogP contribution in [0.3, 0.4) is 0 Å². The van der Waals surface area contributed by atoms with Crippen LogP contribution in [0.4, 0.5) is 13.2 Å². The van der Waals surface area contributed by atoms with E-state index in [1.807, 2.05) is 0 Å². The van der Waals surface area contributed by atoms with Gasteiger partial charge in [0.15, 0.2) is 5.65 Å². The quantitative estimate of drug-likeness (QED) is 0.674. The van der Waals surface area contributed by atoms with Crippen molar-refractivity contribution in [1.29, 1.82) is 0 Å². The summed E-state index contributed by atoms with van der Waals surface area (Å²) in [5, 5.41) is 4.39. The first-order valence-corrected chi connectivity index (χ1v) is 8.43. The van der Waals surface area contributed by atoms with Crippen LogP contribution in [0.2, 0.25) is 0 Å². The highest BCUT2D eigenvalue weighted by atomic mass is 19.4. The molecule has 0 bridgehead atoms. The van der Waals surface area contributed by atoms with Gasteiger partial charge in [-0.1, -0.05) is 12.1 Å². The highest BCUT2D eigenvalue weighted by molar-refractivity contribution is 5.64. The zero-order chi connectivity index (χ0) is 18.9. The molecule has 0 aliphatic carbocycles. The fourth-order valence-electron chi connectivity index (χ4n) is 2.94. The van der Waals surface area contributed by atoms with Gasteiger partial charge in [-0.2, -0.15) is 0 Å². The van der Waals surface area contributed by atoms with Crippen LogP contribution < -0.4 is 9.47 Å². The molecule has 3 aromatic rings. The predicted octanol–water partition coefficient (Wildman–Crippen LogP) is 3.85. The fraction of sp³-hybridized carbons (Fsp3) is 0.333. The number of fused-ring (bicyclic) bond motifs is 1. The van der Waals surface area contributed by atoms with E-state index in [1.165, 1.54) is 22.7 Å². The number of alkyl halides is 3. The van der Waals surface area contributed by atoms with Gasteiger partial charge < -0.3 is 14.2 Å². The van der Waals surface area contributed by atoms with E-state index in [-0.39, 0.29) is 11.9 Å². The van der Waals surface area contributed by atoms with Crippen LogP contribution >= 0.6 is 0 Å². The normalized spacial score (nSPS) is 17.4. The summed E-state index contributed by atoms with van der Waals surface area (Å²) in [5.41, 5.74) is 1.57. The molecule has 1 aliphatic rings. The number of nitrogens with zero attached hydrogens (tertiary/aromatic N) is 3. The SMILES string of the molecule is FC(F)(F)Oc1cccc(-c2cnc3ccc(OCC4CCCO4)nn23)c1. The van der Waals surface area contributed by atoms with Crippen LogP contribution in [-0.2, 0) is 4.74 Å². The Labute approximate surface area is 152 Å². The lowest BCUT2D eigenvalue weighted by molar-refractivity contribution is -0.274. The summed E-state index contributed by atoms with van der Waals surface area (Å²) < 4.78 is 54.1. The highest BCUT2D eigenvalue weighted by Gasteiger charge is 2.31. The van der Waals surface area contributed by atoms with Gasteiger partial charge in [0, 0.05) is 18.2 Å². The topological polar surface area (TPSA) is 57.9 Å². The third kappa shape index (κ3) is 4.13. The molecule has 0 N–H and O–H groups in total. The van der Waals surface area contributed by atoms with E-state index in [0.717, 1.165) is 19.4 Å². The lowest BCUT2D eigenvalue weighted by Crippen LogP contribution is -2.17. The molecule has 142 valence electrons. The van der Waals surface area contributed by atoms with Gasteiger partial charge in [0.05, 0.1) is 18.0 Å². The van der Waals surface area contributed by atoms with Gasteiger partial charge in [0.25, 0.3) is 0 Å². The van der Waals surface area contributed by atoms with E-state index < -0.39 is 6.36 Å². The first kappa shape index (κ1) is 17.6. The molecule has 0 saturated carbocycles. The second-order valence-electron chi connectivity index (χ2n) is 6.11. The minimum atomic E-state index is -4.75. The number of rotatable bonds is 5. The van der Waals surface area contributed by atoms with Crippen molar-refractivity contribution < 1.29 is 27.4 Å². The Morgan fingerprint density at radius 2 is 2.11 bits per heavy atom. The van der Waals surface area contributed by atoms with Gasteiger partial charge in [-0.15, -0.1) is 18.3 Å². The van der Waals surface area contributed by atoms with Gasteiger partial charge >= 0.3 is 6.36 Å². The van der Waals surface area contributed by atoms with Gasteiger partial charge in [-0.05, 0) is 31.0 Å². The van der Waals surface area contributed by atoms with Crippen LogP contribution in [0.1, 0.15) is 12.8 Å². The third-order valence-electron chi connectivity index (χ3n) is 4.14. The third-order valence-corrected chi connectivity index (χ3v) is 4.14. The molecule has 9 heteroatoms. The highest BCUT2D eigenvalue weighted by Crippen LogP contribution is 2.28. The maximum atomic E-state index is 12.5. The number of imidazole rings is 1. The lowest BCUT2D eigenvalue weighted by Gasteiger charge is -2.11. The molecule has 0 amide bonds. The minimum Gasteiger partial charge on any atom is -0.474 e. The van der Waals surface area contributed by atoms with E-state index in [2.05, 4.69) is 14.8 Å². The molecule has 4 rings (SSSR count). The van der Waals surface area contributed by atoms with Crippen molar-refractivity contribution in [2.45, 2.75) is 25.3 Å². The predicted molar refractivity (Wildman–Crippen MR) is 89.6 cm³/mol. The maximum Gasteiger partial charge on any atom is 0.573 e. The largest absolute Gasteiger partial charge is 0.573 e. The summed E-state index contributed by atoms with van der Waals surface area (Å²) >= 11 is 0. The molecule has 1 unspecified atom stereocenters. The Hall–Kier alpha value is -2.81. The van der Waals surface area contributed by atoms with Gasteiger partial charge in [-0.25, -0.2) is 9.50 Å². The maximum absolute atomic E-state index is 12.5. The van der Waals surface area contributed by atoms with Crippen molar-refractivity contribution in [2.75, 3.05) is 13.2 Å². The Balaban J connectivity index is 1.60. The molecule has 3 heterocycles. The number of benzene rings is 1. The summed E-state index contributed by atoms with van der Waals surface area (Å²) in [5.74, 6) is 0.0840. The molecular formula is C18H16F3N3O3. The molecule has 0 radical (unpaired) electrons. The van der Waals surface area contributed by atoms with Crippen molar-refractivity contribution in [1.82, 2.24) is 14.6 Å². The summed E-state index contributed by atoms with van der Waals surface area (Å²) in [7, 11) is 0. The average molecular weight is 379 g/mol. The summed E-state index contributed by atoms with van der Waals surface area (Å²) in [4.78, 5) is 4.24. The number of ether oxygens (including phenoxy) is 3. The molecule has 1 fully saturated rings. The fourth-order valence-corrected chi connectivity index (χ4v) is 2.94. The standard InChI is InChI=1S/C18H16F3N3O3/c19-18(20,21)27-13-4-1-3-12(9-13)15-10-22-16-6-7-17(23-24(15)16)26-11-14-5-2-8-25-14/h1,3-4,6-7,9-10,14H,2,5,8,11H2.